The number of hydrogen-bond acceptors (Lipinski definition) is 5. The van der Waals surface area contributed by atoms with Crippen molar-refractivity contribution in [1.82, 2.24) is 15.1 Å². The van der Waals surface area contributed by atoms with Crippen molar-refractivity contribution in [2.75, 3.05) is 45.1 Å². The van der Waals surface area contributed by atoms with Crippen LogP contribution >= 0.6 is 24.0 Å². The average Bonchev–Trinajstić information content (AvgIpc) is 3.20. The van der Waals surface area contributed by atoms with Crippen molar-refractivity contribution in [3.05, 3.63) is 35.9 Å². The Bertz CT molecular complexity index is 594. The number of benzene rings is 1. The third-order valence-electron chi connectivity index (χ3n) is 4.69. The predicted molar refractivity (Wildman–Crippen MR) is 110 cm³/mol. The average molecular weight is 394 g/mol. The number of nitrogens with zero attached hydrogens (tertiary/aromatic N) is 2. The minimum Gasteiger partial charge on any atom is -0.374 e. The lowest BCUT2D eigenvalue weighted by molar-refractivity contribution is -0.119. The Morgan fingerprint density at radius 2 is 2.00 bits per heavy atom. The minimum absolute atomic E-state index is 0.0281. The van der Waals surface area contributed by atoms with Gasteiger partial charge < -0.3 is 15.0 Å². The monoisotopic (exact) mass is 393 g/mol. The van der Waals surface area contributed by atoms with E-state index in [1.165, 1.54) is 30.2 Å². The molecule has 5 nitrogen and oxygen atoms in total. The van der Waals surface area contributed by atoms with Gasteiger partial charge in [0.25, 0.3) is 0 Å². The highest BCUT2D eigenvalue weighted by Crippen LogP contribution is 2.16. The Hall–Kier alpha value is -1.15. The molecular weight excluding hydrogens is 366 g/mol. The fourth-order valence-corrected chi connectivity index (χ4v) is 4.37. The summed E-state index contributed by atoms with van der Waals surface area (Å²) in [6.07, 6.45) is 2.45. The SMILES string of the molecule is O=C(CSC(=S)N1CCCC1)NCC1CN(Cc2ccccc2)CCO1. The molecule has 2 fully saturated rings. The number of morpholine rings is 1. The summed E-state index contributed by atoms with van der Waals surface area (Å²) in [4.78, 5) is 16.7. The molecule has 1 aromatic carbocycles. The molecule has 0 saturated carbocycles. The maximum Gasteiger partial charge on any atom is 0.230 e. The van der Waals surface area contributed by atoms with E-state index in [4.69, 9.17) is 17.0 Å². The lowest BCUT2D eigenvalue weighted by Crippen LogP contribution is -2.47. The van der Waals surface area contributed by atoms with Gasteiger partial charge in [-0.05, 0) is 18.4 Å². The molecule has 26 heavy (non-hydrogen) atoms. The van der Waals surface area contributed by atoms with Crippen LogP contribution in [0.4, 0.5) is 0 Å². The first kappa shape index (κ1) is 19.6. The summed E-state index contributed by atoms with van der Waals surface area (Å²) in [6.45, 7) is 6.02. The van der Waals surface area contributed by atoms with Crippen LogP contribution in [0.5, 0.6) is 0 Å². The molecule has 1 unspecified atom stereocenters. The zero-order valence-electron chi connectivity index (χ0n) is 15.1. The molecule has 2 aliphatic heterocycles. The van der Waals surface area contributed by atoms with E-state index in [1.807, 2.05) is 6.07 Å². The Labute approximate surface area is 165 Å². The van der Waals surface area contributed by atoms with Crippen LogP contribution in [0.15, 0.2) is 30.3 Å². The molecule has 2 heterocycles. The van der Waals surface area contributed by atoms with Gasteiger partial charge in [0, 0.05) is 39.3 Å². The lowest BCUT2D eigenvalue weighted by atomic mass is 10.2. The van der Waals surface area contributed by atoms with Gasteiger partial charge in [-0.1, -0.05) is 54.3 Å². The summed E-state index contributed by atoms with van der Waals surface area (Å²) in [6, 6.07) is 10.5. The number of likely N-dealkylation sites (tertiary alicyclic amines) is 1. The zero-order valence-corrected chi connectivity index (χ0v) is 16.7. The summed E-state index contributed by atoms with van der Waals surface area (Å²) in [5.41, 5.74) is 1.31. The van der Waals surface area contributed by atoms with Gasteiger partial charge in [-0.25, -0.2) is 0 Å². The molecule has 0 aliphatic carbocycles. The van der Waals surface area contributed by atoms with Gasteiger partial charge in [-0.2, -0.15) is 0 Å². The second-order valence-electron chi connectivity index (χ2n) is 6.77. The minimum atomic E-state index is 0.0281. The number of thioether (sulfide) groups is 1. The molecule has 0 aromatic heterocycles. The molecular formula is C19H27N3O2S2. The van der Waals surface area contributed by atoms with Crippen molar-refractivity contribution < 1.29 is 9.53 Å². The fourth-order valence-electron chi connectivity index (χ4n) is 3.29. The number of thiocarbonyl (C=S) groups is 1. The molecule has 0 bridgehead atoms. The molecule has 142 valence electrons. The molecule has 0 radical (unpaired) electrons. The van der Waals surface area contributed by atoms with Crippen molar-refractivity contribution in [1.29, 1.82) is 0 Å². The second kappa shape index (κ2) is 10.3. The number of carbonyl (C=O) groups excluding carboxylic acids is 1. The lowest BCUT2D eigenvalue weighted by Gasteiger charge is -2.33. The third-order valence-corrected chi connectivity index (χ3v) is 6.21. The highest BCUT2D eigenvalue weighted by Gasteiger charge is 2.21. The van der Waals surface area contributed by atoms with Crippen molar-refractivity contribution in [2.45, 2.75) is 25.5 Å². The summed E-state index contributed by atoms with van der Waals surface area (Å²) < 4.78 is 6.65. The van der Waals surface area contributed by atoms with Crippen molar-refractivity contribution in [3.8, 4) is 0 Å². The van der Waals surface area contributed by atoms with Crippen molar-refractivity contribution in [3.63, 3.8) is 0 Å². The van der Waals surface area contributed by atoms with Crippen molar-refractivity contribution in [2.24, 2.45) is 0 Å². The molecule has 2 aliphatic rings. The van der Waals surface area contributed by atoms with Gasteiger partial charge in [0.05, 0.1) is 18.5 Å². The Morgan fingerprint density at radius 3 is 2.77 bits per heavy atom. The quantitative estimate of drug-likeness (QED) is 0.747. The van der Waals surface area contributed by atoms with E-state index in [2.05, 4.69) is 39.4 Å². The Balaban J connectivity index is 1.34. The second-order valence-corrected chi connectivity index (χ2v) is 8.38. The van der Waals surface area contributed by atoms with Crippen LogP contribution in [-0.4, -0.2) is 71.2 Å². The van der Waals surface area contributed by atoms with Crippen LogP contribution in [-0.2, 0) is 16.1 Å². The normalized spacial score (nSPS) is 20.9. The first-order valence-electron chi connectivity index (χ1n) is 9.27. The van der Waals surface area contributed by atoms with Crippen LogP contribution in [0.1, 0.15) is 18.4 Å². The van der Waals surface area contributed by atoms with Gasteiger partial charge >= 0.3 is 0 Å². The van der Waals surface area contributed by atoms with E-state index in [0.29, 0.717) is 18.9 Å². The number of nitrogens with one attached hydrogen (secondary N) is 1. The van der Waals surface area contributed by atoms with Gasteiger partial charge in [-0.3, -0.25) is 9.69 Å². The summed E-state index contributed by atoms with van der Waals surface area (Å²) in [5, 5.41) is 2.99. The molecule has 7 heteroatoms. The fraction of sp³-hybridized carbons (Fsp3) is 0.579. The highest BCUT2D eigenvalue weighted by molar-refractivity contribution is 8.23. The molecule has 0 spiro atoms. The largest absolute Gasteiger partial charge is 0.374 e. The van der Waals surface area contributed by atoms with Crippen LogP contribution in [0.25, 0.3) is 0 Å². The van der Waals surface area contributed by atoms with E-state index < -0.39 is 0 Å². The number of ether oxygens (including phenoxy) is 1. The van der Waals surface area contributed by atoms with Gasteiger partial charge in [-0.15, -0.1) is 0 Å². The summed E-state index contributed by atoms with van der Waals surface area (Å²) in [7, 11) is 0. The standard InChI is InChI=1S/C19H27N3O2S2/c23-18(15-26-19(25)22-8-4-5-9-22)20-12-17-14-21(10-11-24-17)13-16-6-2-1-3-7-16/h1-3,6-7,17H,4-5,8-15H2,(H,20,23). The maximum absolute atomic E-state index is 12.1. The number of rotatable bonds is 6. The number of amides is 1. The van der Waals surface area contributed by atoms with Gasteiger partial charge in [0.2, 0.25) is 5.91 Å². The first-order valence-corrected chi connectivity index (χ1v) is 10.7. The smallest absolute Gasteiger partial charge is 0.230 e. The van der Waals surface area contributed by atoms with E-state index in [9.17, 15) is 4.79 Å². The van der Waals surface area contributed by atoms with Gasteiger partial charge in [0.15, 0.2) is 0 Å². The number of carbonyl (C=O) groups is 1. The maximum atomic E-state index is 12.1. The van der Waals surface area contributed by atoms with E-state index in [0.717, 1.165) is 37.0 Å². The summed E-state index contributed by atoms with van der Waals surface area (Å²) in [5.74, 6) is 0.413. The third kappa shape index (κ3) is 6.23. The zero-order chi connectivity index (χ0) is 18.2. The molecule has 2 saturated heterocycles. The van der Waals surface area contributed by atoms with E-state index >= 15 is 0 Å². The molecule has 1 N–H and O–H groups in total. The topological polar surface area (TPSA) is 44.8 Å². The van der Waals surface area contributed by atoms with Gasteiger partial charge in [0.1, 0.15) is 4.32 Å². The van der Waals surface area contributed by atoms with Crippen LogP contribution < -0.4 is 5.32 Å². The van der Waals surface area contributed by atoms with Crippen LogP contribution in [0, 0.1) is 0 Å². The molecule has 3 rings (SSSR count). The van der Waals surface area contributed by atoms with Crippen molar-refractivity contribution >= 4 is 34.2 Å². The van der Waals surface area contributed by atoms with E-state index in [1.54, 1.807) is 0 Å². The molecule has 1 amide bonds. The highest BCUT2D eigenvalue weighted by atomic mass is 32.2. The Kier molecular flexibility index (Phi) is 7.73. The molecule has 1 atom stereocenters. The van der Waals surface area contributed by atoms with E-state index in [-0.39, 0.29) is 12.0 Å². The summed E-state index contributed by atoms with van der Waals surface area (Å²) >= 11 is 6.86. The Morgan fingerprint density at radius 1 is 1.23 bits per heavy atom. The van der Waals surface area contributed by atoms with Crippen LogP contribution in [0.2, 0.25) is 0 Å². The predicted octanol–water partition coefficient (Wildman–Crippen LogP) is 2.12. The first-order chi connectivity index (χ1) is 12.7. The molecule has 1 aromatic rings. The number of hydrogen-bond donors (Lipinski definition) is 1. The van der Waals surface area contributed by atoms with Crippen LogP contribution in [0.3, 0.4) is 0 Å².